The normalized spacial score (nSPS) is 14.3. The molecule has 1 saturated heterocycles. The smallest absolute Gasteiger partial charge is 0.258 e. The number of para-hydroxylation sites is 2. The maximum atomic E-state index is 12.7. The van der Waals surface area contributed by atoms with Crippen LogP contribution in [0.1, 0.15) is 30.1 Å². The molecule has 154 valence electrons. The number of carbonyl (C=O) groups is 2. The number of benzene rings is 2. The van der Waals surface area contributed by atoms with E-state index < -0.39 is 0 Å². The molecule has 1 heterocycles. The molecule has 1 N–H and O–H groups in total. The third-order valence-electron chi connectivity index (χ3n) is 5.27. The Morgan fingerprint density at radius 3 is 2.41 bits per heavy atom. The number of hydrogen-bond acceptors (Lipinski definition) is 4. The highest BCUT2D eigenvalue weighted by atomic mass is 16.5. The van der Waals surface area contributed by atoms with E-state index in [4.69, 9.17) is 4.74 Å². The molecular weight excluding hydrogens is 366 g/mol. The molecule has 2 aromatic carbocycles. The first-order valence-corrected chi connectivity index (χ1v) is 10.1. The number of ether oxygens (including phenoxy) is 1. The molecule has 0 bridgehead atoms. The number of amides is 2. The van der Waals surface area contributed by atoms with Crippen molar-refractivity contribution in [3.05, 3.63) is 60.2 Å². The van der Waals surface area contributed by atoms with E-state index in [1.165, 1.54) is 0 Å². The molecule has 0 aromatic heterocycles. The zero-order chi connectivity index (χ0) is 20.6. The van der Waals surface area contributed by atoms with Gasteiger partial charge in [-0.25, -0.2) is 0 Å². The van der Waals surface area contributed by atoms with E-state index in [-0.39, 0.29) is 24.5 Å². The Morgan fingerprint density at radius 1 is 1.07 bits per heavy atom. The third kappa shape index (κ3) is 5.50. The molecule has 1 aliphatic rings. The SMILES string of the molecule is CCN(C)C(=O)c1ccccc1N1CCC(NC(=O)COc2ccccc2)CC1. The van der Waals surface area contributed by atoms with Crippen LogP contribution in [0.3, 0.4) is 0 Å². The largest absolute Gasteiger partial charge is 0.484 e. The number of nitrogens with one attached hydrogen (secondary N) is 1. The second-order valence-electron chi connectivity index (χ2n) is 7.27. The van der Waals surface area contributed by atoms with Crippen molar-refractivity contribution in [3.63, 3.8) is 0 Å². The van der Waals surface area contributed by atoms with Crippen LogP contribution in [0.25, 0.3) is 0 Å². The highest BCUT2D eigenvalue weighted by Crippen LogP contribution is 2.25. The first-order chi connectivity index (χ1) is 14.1. The highest BCUT2D eigenvalue weighted by molar-refractivity contribution is 5.99. The van der Waals surface area contributed by atoms with Gasteiger partial charge in [-0.15, -0.1) is 0 Å². The lowest BCUT2D eigenvalue weighted by molar-refractivity contribution is -0.123. The molecule has 0 unspecified atom stereocenters. The van der Waals surface area contributed by atoms with Crippen molar-refractivity contribution < 1.29 is 14.3 Å². The van der Waals surface area contributed by atoms with Crippen LogP contribution in [-0.2, 0) is 4.79 Å². The summed E-state index contributed by atoms with van der Waals surface area (Å²) in [4.78, 5) is 28.8. The van der Waals surface area contributed by atoms with Crippen LogP contribution < -0.4 is 15.0 Å². The first kappa shape index (κ1) is 20.7. The maximum absolute atomic E-state index is 12.7. The summed E-state index contributed by atoms with van der Waals surface area (Å²) in [7, 11) is 1.82. The van der Waals surface area contributed by atoms with Gasteiger partial charge in [-0.1, -0.05) is 30.3 Å². The molecule has 1 fully saturated rings. The Hall–Kier alpha value is -3.02. The van der Waals surface area contributed by atoms with Crippen molar-refractivity contribution in [2.45, 2.75) is 25.8 Å². The standard InChI is InChI=1S/C23H29N3O3/c1-3-25(2)23(28)20-11-7-8-12-21(20)26-15-13-18(14-16-26)24-22(27)17-29-19-9-5-4-6-10-19/h4-12,18H,3,13-17H2,1-2H3,(H,24,27). The summed E-state index contributed by atoms with van der Waals surface area (Å²) in [6, 6.07) is 17.2. The van der Waals surface area contributed by atoms with Crippen molar-refractivity contribution in [1.29, 1.82) is 0 Å². The van der Waals surface area contributed by atoms with Crippen molar-refractivity contribution in [3.8, 4) is 5.75 Å². The van der Waals surface area contributed by atoms with Crippen LogP contribution in [0.5, 0.6) is 5.75 Å². The number of anilines is 1. The Balaban J connectivity index is 1.52. The Bertz CT molecular complexity index is 817. The lowest BCUT2D eigenvalue weighted by Crippen LogP contribution is -2.46. The van der Waals surface area contributed by atoms with E-state index in [2.05, 4.69) is 10.2 Å². The van der Waals surface area contributed by atoms with Gasteiger partial charge in [0.2, 0.25) is 0 Å². The van der Waals surface area contributed by atoms with E-state index in [0.29, 0.717) is 12.3 Å². The fourth-order valence-corrected chi connectivity index (χ4v) is 3.48. The topological polar surface area (TPSA) is 61.9 Å². The molecule has 0 saturated carbocycles. The predicted octanol–water partition coefficient (Wildman–Crippen LogP) is 2.94. The third-order valence-corrected chi connectivity index (χ3v) is 5.27. The van der Waals surface area contributed by atoms with Gasteiger partial charge >= 0.3 is 0 Å². The summed E-state index contributed by atoms with van der Waals surface area (Å²) < 4.78 is 5.51. The molecule has 1 aliphatic heterocycles. The van der Waals surface area contributed by atoms with Crippen LogP contribution in [-0.4, -0.2) is 56.0 Å². The molecule has 0 spiro atoms. The van der Waals surface area contributed by atoms with Crippen LogP contribution >= 0.6 is 0 Å². The lowest BCUT2D eigenvalue weighted by atomic mass is 10.0. The quantitative estimate of drug-likeness (QED) is 0.783. The average Bonchev–Trinajstić information content (AvgIpc) is 2.78. The molecule has 3 rings (SSSR count). The minimum atomic E-state index is -0.104. The van der Waals surface area contributed by atoms with Gasteiger partial charge in [0.25, 0.3) is 11.8 Å². The van der Waals surface area contributed by atoms with E-state index in [1.807, 2.05) is 68.6 Å². The van der Waals surface area contributed by atoms with Crippen LogP contribution in [0.15, 0.2) is 54.6 Å². The van der Waals surface area contributed by atoms with Gasteiger partial charge in [0.15, 0.2) is 6.61 Å². The average molecular weight is 396 g/mol. The Morgan fingerprint density at radius 2 is 1.72 bits per heavy atom. The zero-order valence-corrected chi connectivity index (χ0v) is 17.1. The van der Waals surface area contributed by atoms with Crippen molar-refractivity contribution in [2.24, 2.45) is 0 Å². The number of piperidine rings is 1. The molecule has 2 aromatic rings. The summed E-state index contributed by atoms with van der Waals surface area (Å²) in [5.74, 6) is 0.625. The summed E-state index contributed by atoms with van der Waals surface area (Å²) in [6.07, 6.45) is 1.67. The fraction of sp³-hybridized carbons (Fsp3) is 0.391. The monoisotopic (exact) mass is 395 g/mol. The molecule has 0 atom stereocenters. The number of nitrogens with zero attached hydrogens (tertiary/aromatic N) is 2. The fourth-order valence-electron chi connectivity index (χ4n) is 3.48. The van der Waals surface area contributed by atoms with E-state index in [9.17, 15) is 9.59 Å². The number of hydrogen-bond donors (Lipinski definition) is 1. The molecule has 0 aliphatic carbocycles. The molecule has 0 radical (unpaired) electrons. The minimum absolute atomic E-state index is 0.0188. The van der Waals surface area contributed by atoms with E-state index in [1.54, 1.807) is 4.90 Å². The van der Waals surface area contributed by atoms with Gasteiger partial charge < -0.3 is 19.9 Å². The van der Waals surface area contributed by atoms with Gasteiger partial charge in [0.1, 0.15) is 5.75 Å². The van der Waals surface area contributed by atoms with Crippen LogP contribution in [0, 0.1) is 0 Å². The highest BCUT2D eigenvalue weighted by Gasteiger charge is 2.24. The van der Waals surface area contributed by atoms with Gasteiger partial charge in [0, 0.05) is 38.4 Å². The molecule has 6 heteroatoms. The second-order valence-corrected chi connectivity index (χ2v) is 7.27. The Kier molecular flexibility index (Phi) is 7.11. The molecule has 29 heavy (non-hydrogen) atoms. The van der Waals surface area contributed by atoms with Crippen LogP contribution in [0.2, 0.25) is 0 Å². The second kappa shape index (κ2) is 9.96. The lowest BCUT2D eigenvalue weighted by Gasteiger charge is -2.35. The van der Waals surface area contributed by atoms with Crippen molar-refractivity contribution in [2.75, 3.05) is 38.2 Å². The maximum Gasteiger partial charge on any atom is 0.258 e. The predicted molar refractivity (Wildman–Crippen MR) is 114 cm³/mol. The Labute approximate surface area is 172 Å². The summed E-state index contributed by atoms with van der Waals surface area (Å²) >= 11 is 0. The summed E-state index contributed by atoms with van der Waals surface area (Å²) in [6.45, 7) is 4.25. The van der Waals surface area contributed by atoms with Crippen molar-refractivity contribution in [1.82, 2.24) is 10.2 Å². The zero-order valence-electron chi connectivity index (χ0n) is 17.1. The van der Waals surface area contributed by atoms with E-state index >= 15 is 0 Å². The molecular formula is C23H29N3O3. The van der Waals surface area contributed by atoms with Crippen LogP contribution in [0.4, 0.5) is 5.69 Å². The van der Waals surface area contributed by atoms with Crippen molar-refractivity contribution >= 4 is 17.5 Å². The molecule has 6 nitrogen and oxygen atoms in total. The van der Waals surface area contributed by atoms with E-state index in [0.717, 1.165) is 37.2 Å². The first-order valence-electron chi connectivity index (χ1n) is 10.1. The van der Waals surface area contributed by atoms with Gasteiger partial charge in [-0.3, -0.25) is 9.59 Å². The molecule has 2 amide bonds. The van der Waals surface area contributed by atoms with Gasteiger partial charge in [-0.2, -0.15) is 0 Å². The van der Waals surface area contributed by atoms with Gasteiger partial charge in [0.05, 0.1) is 5.56 Å². The number of rotatable bonds is 7. The summed E-state index contributed by atoms with van der Waals surface area (Å²) in [5.41, 5.74) is 1.70. The number of carbonyl (C=O) groups excluding carboxylic acids is 2. The minimum Gasteiger partial charge on any atom is -0.484 e. The van der Waals surface area contributed by atoms with Gasteiger partial charge in [-0.05, 0) is 44.0 Å². The summed E-state index contributed by atoms with van der Waals surface area (Å²) in [5, 5.41) is 3.06.